The van der Waals surface area contributed by atoms with Gasteiger partial charge in [-0.25, -0.2) is 0 Å². The summed E-state index contributed by atoms with van der Waals surface area (Å²) in [6.07, 6.45) is 4.76. The molecule has 0 aromatic heterocycles. The third-order valence-electron chi connectivity index (χ3n) is 8.19. The Morgan fingerprint density at radius 3 is 1.43 bits per heavy atom. The van der Waals surface area contributed by atoms with Crippen LogP contribution in [0.25, 0.3) is 11.1 Å². The van der Waals surface area contributed by atoms with Crippen LogP contribution in [0.4, 0.5) is 11.4 Å². The lowest BCUT2D eigenvalue weighted by Gasteiger charge is -2.44. The Bertz CT molecular complexity index is 1360. The Hall–Kier alpha value is -3.66. The van der Waals surface area contributed by atoms with Gasteiger partial charge in [-0.2, -0.15) is 0 Å². The van der Waals surface area contributed by atoms with Gasteiger partial charge in [0.2, 0.25) is 0 Å². The van der Waals surface area contributed by atoms with Gasteiger partial charge >= 0.3 is 0 Å². The van der Waals surface area contributed by atoms with Crippen molar-refractivity contribution in [2.45, 2.75) is 79.6 Å². The van der Waals surface area contributed by atoms with Crippen molar-refractivity contribution >= 4 is 22.5 Å². The number of rotatable bonds is 8. The molecule has 0 saturated carbocycles. The van der Waals surface area contributed by atoms with E-state index in [0.717, 1.165) is 24.6 Å². The average molecular weight is 537 g/mol. The van der Waals surface area contributed by atoms with Crippen LogP contribution < -0.4 is 19.3 Å². The Kier molecular flexibility index (Phi) is 7.48. The van der Waals surface area contributed by atoms with Gasteiger partial charge in [0.25, 0.3) is 0 Å². The van der Waals surface area contributed by atoms with Gasteiger partial charge in [-0.05, 0) is 114 Å². The van der Waals surface area contributed by atoms with E-state index in [9.17, 15) is 0 Å². The van der Waals surface area contributed by atoms with E-state index in [2.05, 4.69) is 124 Å². The summed E-state index contributed by atoms with van der Waals surface area (Å²) in [5.74, 6) is 1.86. The molecule has 0 saturated heterocycles. The molecule has 0 amide bonds. The van der Waals surface area contributed by atoms with Crippen molar-refractivity contribution in [1.29, 1.82) is 0 Å². The Labute approximate surface area is 240 Å². The summed E-state index contributed by atoms with van der Waals surface area (Å²) in [5, 5.41) is 0. The molecule has 2 heterocycles. The number of ether oxygens (including phenoxy) is 2. The minimum Gasteiger partial charge on any atom is -0.494 e. The molecule has 0 aliphatic carbocycles. The van der Waals surface area contributed by atoms with E-state index in [1.807, 2.05) is 13.8 Å². The molecule has 0 fully saturated rings. The molecule has 3 aromatic carbocycles. The van der Waals surface area contributed by atoms with E-state index in [1.165, 1.54) is 44.8 Å². The molecule has 2 aliphatic heterocycles. The minimum absolute atomic E-state index is 0.103. The SMILES string of the molecule is CCOc1ccc2c(c1)C(C)=CC(C)(C)N2Cc1cccc(CN2c3ccc(OCC)cc3C(C)=CC2(C)C)c1. The molecule has 0 spiro atoms. The van der Waals surface area contributed by atoms with Crippen LogP contribution in [0.15, 0.2) is 72.8 Å². The van der Waals surface area contributed by atoms with E-state index in [4.69, 9.17) is 9.47 Å². The second-order valence-corrected chi connectivity index (χ2v) is 12.2. The first-order chi connectivity index (χ1) is 19.0. The van der Waals surface area contributed by atoms with Gasteiger partial charge in [-0.1, -0.05) is 36.4 Å². The summed E-state index contributed by atoms with van der Waals surface area (Å²) in [4.78, 5) is 5.04. The maximum Gasteiger partial charge on any atom is 0.120 e. The summed E-state index contributed by atoms with van der Waals surface area (Å²) < 4.78 is 11.6. The molecule has 210 valence electrons. The standard InChI is InChI=1S/C36H44N2O2/c1-9-39-29-14-16-33-31(19-29)25(3)21-35(5,6)37(33)23-27-12-11-13-28(18-27)24-38-34-17-15-30(40-10-2)20-32(34)26(4)22-36(38,7)8/h11-22H,9-10,23-24H2,1-8H3. The molecule has 0 atom stereocenters. The Morgan fingerprint density at radius 2 is 1.02 bits per heavy atom. The smallest absolute Gasteiger partial charge is 0.120 e. The van der Waals surface area contributed by atoms with Gasteiger partial charge in [-0.3, -0.25) is 0 Å². The lowest BCUT2D eigenvalue weighted by Crippen LogP contribution is -2.45. The van der Waals surface area contributed by atoms with Crippen molar-refractivity contribution in [1.82, 2.24) is 0 Å². The molecule has 40 heavy (non-hydrogen) atoms. The summed E-state index contributed by atoms with van der Waals surface area (Å²) in [6, 6.07) is 22.1. The lowest BCUT2D eigenvalue weighted by molar-refractivity contribution is 0.340. The maximum atomic E-state index is 5.82. The predicted molar refractivity (Wildman–Crippen MR) is 169 cm³/mol. The van der Waals surface area contributed by atoms with Crippen LogP contribution in [0.1, 0.15) is 77.6 Å². The monoisotopic (exact) mass is 536 g/mol. The van der Waals surface area contributed by atoms with Crippen molar-refractivity contribution in [3.05, 3.63) is 95.1 Å². The molecule has 4 heteroatoms. The van der Waals surface area contributed by atoms with Gasteiger partial charge < -0.3 is 19.3 Å². The van der Waals surface area contributed by atoms with Crippen LogP contribution in [-0.4, -0.2) is 24.3 Å². The fourth-order valence-corrected chi connectivity index (χ4v) is 6.41. The normalized spacial score (nSPS) is 17.0. The zero-order valence-electron chi connectivity index (χ0n) is 25.5. The first kappa shape index (κ1) is 27.9. The Morgan fingerprint density at radius 1 is 0.600 bits per heavy atom. The molecule has 4 nitrogen and oxygen atoms in total. The van der Waals surface area contributed by atoms with Crippen molar-refractivity contribution < 1.29 is 9.47 Å². The minimum atomic E-state index is -0.103. The zero-order valence-corrected chi connectivity index (χ0v) is 25.5. The summed E-state index contributed by atoms with van der Waals surface area (Å²) >= 11 is 0. The van der Waals surface area contributed by atoms with Crippen molar-refractivity contribution in [2.75, 3.05) is 23.0 Å². The second kappa shape index (κ2) is 10.7. The van der Waals surface area contributed by atoms with Crippen molar-refractivity contribution in [3.8, 4) is 11.5 Å². The number of hydrogen-bond donors (Lipinski definition) is 0. The second-order valence-electron chi connectivity index (χ2n) is 12.2. The topological polar surface area (TPSA) is 24.9 Å². The fourth-order valence-electron chi connectivity index (χ4n) is 6.41. The number of anilines is 2. The molecule has 0 bridgehead atoms. The highest BCUT2D eigenvalue weighted by molar-refractivity contribution is 5.83. The predicted octanol–water partition coefficient (Wildman–Crippen LogP) is 8.89. The zero-order chi connectivity index (χ0) is 28.7. The van der Waals surface area contributed by atoms with E-state index in [1.54, 1.807) is 0 Å². The molecule has 3 aromatic rings. The van der Waals surface area contributed by atoms with Crippen LogP contribution in [0, 0.1) is 0 Å². The molecular formula is C36H44N2O2. The number of allylic oxidation sites excluding steroid dienone is 2. The Balaban J connectivity index is 1.44. The largest absolute Gasteiger partial charge is 0.494 e. The number of hydrogen-bond acceptors (Lipinski definition) is 4. The number of benzene rings is 3. The third-order valence-corrected chi connectivity index (χ3v) is 8.19. The molecule has 2 aliphatic rings. The first-order valence-electron chi connectivity index (χ1n) is 14.6. The van der Waals surface area contributed by atoms with Crippen molar-refractivity contribution in [3.63, 3.8) is 0 Å². The molecular weight excluding hydrogens is 492 g/mol. The van der Waals surface area contributed by atoms with Crippen LogP contribution in [0.2, 0.25) is 0 Å². The average Bonchev–Trinajstić information content (AvgIpc) is 2.89. The van der Waals surface area contributed by atoms with E-state index >= 15 is 0 Å². The molecule has 5 rings (SSSR count). The van der Waals surface area contributed by atoms with Gasteiger partial charge in [0.15, 0.2) is 0 Å². The van der Waals surface area contributed by atoms with Crippen molar-refractivity contribution in [2.24, 2.45) is 0 Å². The van der Waals surface area contributed by atoms with Gasteiger partial charge in [0.05, 0.1) is 24.3 Å². The van der Waals surface area contributed by atoms with E-state index < -0.39 is 0 Å². The lowest BCUT2D eigenvalue weighted by atomic mass is 9.87. The summed E-state index contributed by atoms with van der Waals surface area (Å²) in [5.41, 5.74) is 10.0. The van der Waals surface area contributed by atoms with E-state index in [0.29, 0.717) is 13.2 Å². The van der Waals surface area contributed by atoms with Crippen LogP contribution >= 0.6 is 0 Å². The van der Waals surface area contributed by atoms with Crippen LogP contribution in [0.3, 0.4) is 0 Å². The molecule has 0 radical (unpaired) electrons. The highest BCUT2D eigenvalue weighted by Gasteiger charge is 2.33. The summed E-state index contributed by atoms with van der Waals surface area (Å²) in [6.45, 7) is 20.7. The maximum absolute atomic E-state index is 5.82. The molecule has 0 N–H and O–H groups in total. The number of nitrogens with zero attached hydrogens (tertiary/aromatic N) is 2. The highest BCUT2D eigenvalue weighted by atomic mass is 16.5. The van der Waals surface area contributed by atoms with Gasteiger partial charge in [-0.15, -0.1) is 0 Å². The van der Waals surface area contributed by atoms with E-state index in [-0.39, 0.29) is 11.1 Å². The van der Waals surface area contributed by atoms with Crippen LogP contribution in [0.5, 0.6) is 11.5 Å². The summed E-state index contributed by atoms with van der Waals surface area (Å²) in [7, 11) is 0. The quantitative estimate of drug-likeness (QED) is 0.287. The molecule has 0 unspecified atom stereocenters. The van der Waals surface area contributed by atoms with Gasteiger partial charge in [0.1, 0.15) is 11.5 Å². The van der Waals surface area contributed by atoms with Gasteiger partial charge in [0, 0.05) is 35.6 Å². The fraction of sp³-hybridized carbons (Fsp3) is 0.389. The highest BCUT2D eigenvalue weighted by Crippen LogP contribution is 2.43. The third kappa shape index (κ3) is 5.37. The van der Waals surface area contributed by atoms with Crippen LogP contribution in [-0.2, 0) is 13.1 Å². The first-order valence-corrected chi connectivity index (χ1v) is 14.6. The number of fused-ring (bicyclic) bond motifs is 2.